The molecular formula is C23H30N2O2. The Morgan fingerprint density at radius 1 is 1.30 bits per heavy atom. The summed E-state index contributed by atoms with van der Waals surface area (Å²) < 4.78 is 5.98. The maximum atomic E-state index is 10.6. The second kappa shape index (κ2) is 8.39. The number of nitrogens with zero attached hydrogens (tertiary/aromatic N) is 2. The summed E-state index contributed by atoms with van der Waals surface area (Å²) in [6.07, 6.45) is 8.24. The van der Waals surface area contributed by atoms with Crippen molar-refractivity contribution < 1.29 is 9.84 Å². The normalized spacial score (nSPS) is 28.3. The van der Waals surface area contributed by atoms with Crippen LogP contribution in [0.4, 0.5) is 0 Å². The summed E-state index contributed by atoms with van der Waals surface area (Å²) in [5.74, 6) is 0.276. The molecular weight excluding hydrogens is 336 g/mol. The molecule has 0 spiro atoms. The van der Waals surface area contributed by atoms with Crippen LogP contribution in [0.3, 0.4) is 0 Å². The van der Waals surface area contributed by atoms with E-state index in [1.165, 1.54) is 0 Å². The summed E-state index contributed by atoms with van der Waals surface area (Å²) in [5.41, 5.74) is 0.878. The number of β-amino-alcohol motifs (C(OH)–C–C–N with tert-alkyl or cyclic N) is 1. The second-order valence-electron chi connectivity index (χ2n) is 8.05. The van der Waals surface area contributed by atoms with Gasteiger partial charge >= 0.3 is 0 Å². The van der Waals surface area contributed by atoms with Crippen LogP contribution in [0.1, 0.15) is 38.7 Å². The Morgan fingerprint density at radius 2 is 2.07 bits per heavy atom. The lowest BCUT2D eigenvalue weighted by Crippen LogP contribution is -2.38. The van der Waals surface area contributed by atoms with Gasteiger partial charge in [0.15, 0.2) is 5.60 Å². The summed E-state index contributed by atoms with van der Waals surface area (Å²) >= 11 is 0. The third-order valence-electron chi connectivity index (χ3n) is 5.87. The van der Waals surface area contributed by atoms with E-state index in [2.05, 4.69) is 43.0 Å². The van der Waals surface area contributed by atoms with Crippen LogP contribution in [0, 0.1) is 17.2 Å². The first-order valence-electron chi connectivity index (χ1n) is 9.91. The average molecular weight is 367 g/mol. The van der Waals surface area contributed by atoms with Crippen molar-refractivity contribution in [1.82, 2.24) is 4.90 Å². The first-order chi connectivity index (χ1) is 13.0. The lowest BCUT2D eigenvalue weighted by atomic mass is 9.90. The molecule has 1 N–H and O–H groups in total. The second-order valence-corrected chi connectivity index (χ2v) is 8.05. The van der Waals surface area contributed by atoms with E-state index in [0.717, 1.165) is 43.6 Å². The lowest BCUT2D eigenvalue weighted by Gasteiger charge is -2.28. The van der Waals surface area contributed by atoms with E-state index < -0.39 is 11.2 Å². The number of aliphatic hydroxyl groups is 1. The molecule has 1 saturated heterocycles. The van der Waals surface area contributed by atoms with Crippen molar-refractivity contribution in [3.63, 3.8) is 0 Å². The number of hydrogen-bond acceptors (Lipinski definition) is 4. The van der Waals surface area contributed by atoms with E-state index in [4.69, 9.17) is 4.74 Å². The Balaban J connectivity index is 1.46. The van der Waals surface area contributed by atoms with Gasteiger partial charge < -0.3 is 14.7 Å². The van der Waals surface area contributed by atoms with Gasteiger partial charge in [0.25, 0.3) is 0 Å². The molecule has 0 amide bonds. The summed E-state index contributed by atoms with van der Waals surface area (Å²) in [6.45, 7) is 7.26. The predicted molar refractivity (Wildman–Crippen MR) is 108 cm³/mol. The standard InChI is InChI=1S/C23H30N2O2/c1-19(2)23(26)13-15-25(18-23)14-6-16-27-22(17-24)11-9-21(10-12-22)20-7-4-3-5-8-20/h3-5,7-11,19,26H,6,12-16,18H2,1-2H3. The van der Waals surface area contributed by atoms with E-state index in [0.29, 0.717) is 13.0 Å². The third-order valence-corrected chi connectivity index (χ3v) is 5.87. The highest BCUT2D eigenvalue weighted by atomic mass is 16.5. The number of allylic oxidation sites excluding steroid dienone is 2. The number of likely N-dealkylation sites (tertiary alicyclic amines) is 1. The monoisotopic (exact) mass is 366 g/mol. The minimum absolute atomic E-state index is 0.276. The van der Waals surface area contributed by atoms with Crippen LogP contribution in [-0.2, 0) is 4.74 Å². The number of ether oxygens (including phenoxy) is 1. The van der Waals surface area contributed by atoms with Gasteiger partial charge in [-0.05, 0) is 36.0 Å². The zero-order chi connectivity index (χ0) is 19.3. The fourth-order valence-electron chi connectivity index (χ4n) is 3.79. The molecule has 0 saturated carbocycles. The molecule has 2 atom stereocenters. The van der Waals surface area contributed by atoms with Crippen molar-refractivity contribution in [1.29, 1.82) is 5.26 Å². The van der Waals surface area contributed by atoms with Crippen molar-refractivity contribution in [3.05, 3.63) is 54.1 Å². The van der Waals surface area contributed by atoms with Crippen molar-refractivity contribution in [2.75, 3.05) is 26.2 Å². The highest BCUT2D eigenvalue weighted by Crippen LogP contribution is 2.30. The SMILES string of the molecule is CC(C)C1(O)CCN(CCCOC2(C#N)C=CC(c3ccccc3)=CC2)C1. The first kappa shape index (κ1) is 19.8. The molecule has 4 heteroatoms. The molecule has 1 aliphatic heterocycles. The Kier molecular flexibility index (Phi) is 6.16. The van der Waals surface area contributed by atoms with Gasteiger partial charge in [-0.3, -0.25) is 0 Å². The molecule has 1 aromatic rings. The first-order valence-corrected chi connectivity index (χ1v) is 9.91. The van der Waals surface area contributed by atoms with Gasteiger partial charge in [0, 0.05) is 26.1 Å². The molecule has 2 unspecified atom stereocenters. The number of benzene rings is 1. The molecule has 4 nitrogen and oxygen atoms in total. The Hall–Kier alpha value is -1.93. The van der Waals surface area contributed by atoms with Crippen molar-refractivity contribution >= 4 is 5.57 Å². The van der Waals surface area contributed by atoms with Crippen molar-refractivity contribution in [2.24, 2.45) is 5.92 Å². The minimum atomic E-state index is -0.859. The van der Waals surface area contributed by atoms with Crippen LogP contribution >= 0.6 is 0 Å². The Morgan fingerprint density at radius 3 is 2.67 bits per heavy atom. The molecule has 3 rings (SSSR count). The fraction of sp³-hybridized carbons (Fsp3) is 0.522. The zero-order valence-electron chi connectivity index (χ0n) is 16.4. The molecule has 2 aliphatic rings. The molecule has 1 fully saturated rings. The van der Waals surface area contributed by atoms with Gasteiger partial charge in [-0.25, -0.2) is 0 Å². The van der Waals surface area contributed by atoms with Crippen LogP contribution in [0.2, 0.25) is 0 Å². The molecule has 0 aromatic heterocycles. The predicted octanol–water partition coefficient (Wildman–Crippen LogP) is 3.79. The van der Waals surface area contributed by atoms with Crippen LogP contribution < -0.4 is 0 Å². The summed E-state index contributed by atoms with van der Waals surface area (Å²) in [6, 6.07) is 12.5. The molecule has 0 radical (unpaired) electrons. The van der Waals surface area contributed by atoms with Crippen molar-refractivity contribution in [3.8, 4) is 6.07 Å². The minimum Gasteiger partial charge on any atom is -0.388 e. The summed E-state index contributed by atoms with van der Waals surface area (Å²) in [4.78, 5) is 2.30. The van der Waals surface area contributed by atoms with Gasteiger partial charge in [-0.15, -0.1) is 0 Å². The fourth-order valence-corrected chi connectivity index (χ4v) is 3.79. The Labute approximate surface area is 162 Å². The number of rotatable bonds is 7. The highest BCUT2D eigenvalue weighted by Gasteiger charge is 2.38. The van der Waals surface area contributed by atoms with Crippen molar-refractivity contribution in [2.45, 2.75) is 44.3 Å². The largest absolute Gasteiger partial charge is 0.388 e. The number of hydrogen-bond donors (Lipinski definition) is 1. The molecule has 1 aromatic carbocycles. The smallest absolute Gasteiger partial charge is 0.176 e. The van der Waals surface area contributed by atoms with E-state index in [1.54, 1.807) is 0 Å². The van der Waals surface area contributed by atoms with Gasteiger partial charge in [0.2, 0.25) is 0 Å². The van der Waals surface area contributed by atoms with E-state index in [1.807, 2.05) is 30.4 Å². The quantitative estimate of drug-likeness (QED) is 0.746. The third kappa shape index (κ3) is 4.68. The maximum Gasteiger partial charge on any atom is 0.176 e. The molecule has 1 aliphatic carbocycles. The van der Waals surface area contributed by atoms with Gasteiger partial charge in [-0.2, -0.15) is 5.26 Å². The molecule has 0 bridgehead atoms. The zero-order valence-corrected chi connectivity index (χ0v) is 16.4. The lowest BCUT2D eigenvalue weighted by molar-refractivity contribution is 0.00175. The molecule has 1 heterocycles. The summed E-state index contributed by atoms with van der Waals surface area (Å²) in [7, 11) is 0. The van der Waals surface area contributed by atoms with E-state index in [9.17, 15) is 10.4 Å². The summed E-state index contributed by atoms with van der Waals surface area (Å²) in [5, 5.41) is 20.2. The molecule has 144 valence electrons. The Bertz CT molecular complexity index is 734. The average Bonchev–Trinajstić information content (AvgIpc) is 3.09. The van der Waals surface area contributed by atoms with Gasteiger partial charge in [0.1, 0.15) is 6.07 Å². The van der Waals surface area contributed by atoms with Crippen LogP contribution in [0.5, 0.6) is 0 Å². The highest BCUT2D eigenvalue weighted by molar-refractivity contribution is 5.75. The number of nitriles is 1. The van der Waals surface area contributed by atoms with Crippen LogP contribution in [0.25, 0.3) is 5.57 Å². The van der Waals surface area contributed by atoms with E-state index in [-0.39, 0.29) is 5.92 Å². The van der Waals surface area contributed by atoms with Crippen LogP contribution in [0.15, 0.2) is 48.6 Å². The van der Waals surface area contributed by atoms with Gasteiger partial charge in [-0.1, -0.05) is 56.3 Å². The topological polar surface area (TPSA) is 56.5 Å². The maximum absolute atomic E-state index is 10.6. The van der Waals surface area contributed by atoms with Crippen LogP contribution in [-0.4, -0.2) is 47.4 Å². The van der Waals surface area contributed by atoms with E-state index >= 15 is 0 Å². The molecule has 27 heavy (non-hydrogen) atoms. The van der Waals surface area contributed by atoms with Gasteiger partial charge in [0.05, 0.1) is 12.2 Å².